The summed E-state index contributed by atoms with van der Waals surface area (Å²) in [5, 5.41) is 2.91. The SMILES string of the molecule is COc1ccc(C)cc1NC(=O)[C@@H]1CCCN(S(=O)(=O)c2ccc(C)cc2)C1. The van der Waals surface area contributed by atoms with Gasteiger partial charge in [-0.05, 0) is 56.5 Å². The van der Waals surface area contributed by atoms with E-state index in [0.29, 0.717) is 30.8 Å². The summed E-state index contributed by atoms with van der Waals surface area (Å²) in [4.78, 5) is 13.1. The number of sulfonamides is 1. The highest BCUT2D eigenvalue weighted by atomic mass is 32.2. The largest absolute Gasteiger partial charge is 0.495 e. The highest BCUT2D eigenvalue weighted by molar-refractivity contribution is 7.89. The summed E-state index contributed by atoms with van der Waals surface area (Å²) in [5.74, 6) is -0.00853. The number of hydrogen-bond acceptors (Lipinski definition) is 4. The molecule has 2 aromatic rings. The Labute approximate surface area is 166 Å². The predicted molar refractivity (Wildman–Crippen MR) is 109 cm³/mol. The summed E-state index contributed by atoms with van der Waals surface area (Å²) in [5.41, 5.74) is 2.61. The van der Waals surface area contributed by atoms with E-state index in [2.05, 4.69) is 5.32 Å². The molecular formula is C21H26N2O4S. The molecular weight excluding hydrogens is 376 g/mol. The molecule has 1 amide bonds. The van der Waals surface area contributed by atoms with Crippen LogP contribution in [0.1, 0.15) is 24.0 Å². The van der Waals surface area contributed by atoms with E-state index in [1.54, 1.807) is 37.4 Å². The third kappa shape index (κ3) is 4.36. The molecule has 1 fully saturated rings. The number of nitrogens with zero attached hydrogens (tertiary/aromatic N) is 1. The van der Waals surface area contributed by atoms with Crippen LogP contribution in [0.15, 0.2) is 47.4 Å². The van der Waals surface area contributed by atoms with Gasteiger partial charge in [-0.1, -0.05) is 23.8 Å². The molecule has 28 heavy (non-hydrogen) atoms. The molecule has 1 aliphatic rings. The number of amides is 1. The lowest BCUT2D eigenvalue weighted by Gasteiger charge is -2.31. The number of anilines is 1. The third-order valence-electron chi connectivity index (χ3n) is 5.03. The number of piperidine rings is 1. The first kappa shape index (κ1) is 20.4. The molecule has 0 aromatic heterocycles. The van der Waals surface area contributed by atoms with Crippen LogP contribution in [0.5, 0.6) is 5.75 Å². The van der Waals surface area contributed by atoms with E-state index in [4.69, 9.17) is 4.74 Å². The summed E-state index contributed by atoms with van der Waals surface area (Å²) in [7, 11) is -2.06. The molecule has 3 rings (SSSR count). The summed E-state index contributed by atoms with van der Waals surface area (Å²) in [6.07, 6.45) is 1.30. The molecule has 6 nitrogen and oxygen atoms in total. The quantitative estimate of drug-likeness (QED) is 0.832. The minimum Gasteiger partial charge on any atom is -0.495 e. The molecule has 1 heterocycles. The zero-order valence-corrected chi connectivity index (χ0v) is 17.3. The smallest absolute Gasteiger partial charge is 0.243 e. The Morgan fingerprint density at radius 1 is 1.11 bits per heavy atom. The van der Waals surface area contributed by atoms with Crippen molar-refractivity contribution in [2.24, 2.45) is 5.92 Å². The Bertz CT molecular complexity index is 955. The van der Waals surface area contributed by atoms with Crippen LogP contribution < -0.4 is 10.1 Å². The summed E-state index contributed by atoms with van der Waals surface area (Å²) >= 11 is 0. The maximum Gasteiger partial charge on any atom is 0.243 e. The fraction of sp³-hybridized carbons (Fsp3) is 0.381. The number of carbonyl (C=O) groups excluding carboxylic acids is 1. The van der Waals surface area contributed by atoms with E-state index in [-0.39, 0.29) is 17.3 Å². The van der Waals surface area contributed by atoms with Crippen LogP contribution >= 0.6 is 0 Å². The van der Waals surface area contributed by atoms with Gasteiger partial charge >= 0.3 is 0 Å². The number of aryl methyl sites for hydroxylation is 2. The zero-order valence-electron chi connectivity index (χ0n) is 16.4. The first-order chi connectivity index (χ1) is 13.3. The summed E-state index contributed by atoms with van der Waals surface area (Å²) < 4.78 is 32.6. The number of carbonyl (C=O) groups is 1. The average Bonchev–Trinajstić information content (AvgIpc) is 2.68. The number of methoxy groups -OCH3 is 1. The van der Waals surface area contributed by atoms with Crippen LogP contribution in [0, 0.1) is 19.8 Å². The Hall–Kier alpha value is -2.38. The minimum absolute atomic E-state index is 0.177. The highest BCUT2D eigenvalue weighted by Crippen LogP contribution is 2.28. The number of rotatable bonds is 5. The molecule has 0 spiro atoms. The molecule has 1 saturated heterocycles. The van der Waals surface area contributed by atoms with Crippen LogP contribution in [0.25, 0.3) is 0 Å². The maximum atomic E-state index is 12.9. The van der Waals surface area contributed by atoms with E-state index < -0.39 is 15.9 Å². The van der Waals surface area contributed by atoms with E-state index in [1.165, 1.54) is 4.31 Å². The minimum atomic E-state index is -3.61. The molecule has 0 radical (unpaired) electrons. The number of hydrogen-bond donors (Lipinski definition) is 1. The van der Waals surface area contributed by atoms with Crippen molar-refractivity contribution in [1.82, 2.24) is 4.31 Å². The van der Waals surface area contributed by atoms with Gasteiger partial charge in [0.15, 0.2) is 0 Å². The molecule has 2 aromatic carbocycles. The van der Waals surface area contributed by atoms with Gasteiger partial charge in [0.1, 0.15) is 5.75 Å². The van der Waals surface area contributed by atoms with Crippen molar-refractivity contribution in [2.45, 2.75) is 31.6 Å². The molecule has 1 aliphatic heterocycles. The van der Waals surface area contributed by atoms with Crippen molar-refractivity contribution in [3.63, 3.8) is 0 Å². The lowest BCUT2D eigenvalue weighted by atomic mass is 9.98. The van der Waals surface area contributed by atoms with E-state index >= 15 is 0 Å². The van der Waals surface area contributed by atoms with Gasteiger partial charge in [0.05, 0.1) is 23.6 Å². The molecule has 0 saturated carbocycles. The number of nitrogens with one attached hydrogen (secondary N) is 1. The average molecular weight is 403 g/mol. The van der Waals surface area contributed by atoms with Gasteiger partial charge in [0, 0.05) is 13.1 Å². The second-order valence-corrected chi connectivity index (χ2v) is 9.15. The van der Waals surface area contributed by atoms with E-state index in [9.17, 15) is 13.2 Å². The van der Waals surface area contributed by atoms with Gasteiger partial charge < -0.3 is 10.1 Å². The molecule has 0 aliphatic carbocycles. The Morgan fingerprint density at radius 2 is 1.79 bits per heavy atom. The Morgan fingerprint density at radius 3 is 2.46 bits per heavy atom. The summed E-state index contributed by atoms with van der Waals surface area (Å²) in [6.45, 7) is 4.45. The van der Waals surface area contributed by atoms with Crippen LogP contribution in [-0.2, 0) is 14.8 Å². The molecule has 7 heteroatoms. The second kappa shape index (κ2) is 8.32. The zero-order chi connectivity index (χ0) is 20.3. The van der Waals surface area contributed by atoms with Crippen molar-refractivity contribution in [1.29, 1.82) is 0 Å². The van der Waals surface area contributed by atoms with Gasteiger partial charge in [-0.3, -0.25) is 4.79 Å². The normalized spacial score (nSPS) is 17.9. The van der Waals surface area contributed by atoms with Crippen LogP contribution in [0.2, 0.25) is 0 Å². The lowest BCUT2D eigenvalue weighted by Crippen LogP contribution is -2.43. The Kier molecular flexibility index (Phi) is 6.05. The van der Waals surface area contributed by atoms with Gasteiger partial charge in [-0.25, -0.2) is 8.42 Å². The first-order valence-corrected chi connectivity index (χ1v) is 10.8. The predicted octanol–water partition coefficient (Wildman–Crippen LogP) is 3.35. The fourth-order valence-electron chi connectivity index (χ4n) is 3.39. The fourth-order valence-corrected chi connectivity index (χ4v) is 4.91. The van der Waals surface area contributed by atoms with Crippen molar-refractivity contribution >= 4 is 21.6 Å². The lowest BCUT2D eigenvalue weighted by molar-refractivity contribution is -0.120. The van der Waals surface area contributed by atoms with Crippen molar-refractivity contribution in [3.8, 4) is 5.75 Å². The van der Waals surface area contributed by atoms with Crippen molar-refractivity contribution in [3.05, 3.63) is 53.6 Å². The molecule has 150 valence electrons. The molecule has 1 atom stereocenters. The Balaban J connectivity index is 1.75. The summed E-state index contributed by atoms with van der Waals surface area (Å²) in [6, 6.07) is 12.4. The van der Waals surface area contributed by atoms with Crippen LogP contribution in [0.3, 0.4) is 0 Å². The number of ether oxygens (including phenoxy) is 1. The standard InChI is InChI=1S/C21H26N2O4S/c1-15-6-9-18(10-7-15)28(25,26)23-12-4-5-17(14-23)21(24)22-19-13-16(2)8-11-20(19)27-3/h6-11,13,17H,4-5,12,14H2,1-3H3,(H,22,24)/t17-/m1/s1. The van der Waals surface area contributed by atoms with Gasteiger partial charge in [-0.15, -0.1) is 0 Å². The molecule has 0 bridgehead atoms. The van der Waals surface area contributed by atoms with Crippen LogP contribution in [0.4, 0.5) is 5.69 Å². The molecule has 0 unspecified atom stereocenters. The monoisotopic (exact) mass is 402 g/mol. The second-order valence-electron chi connectivity index (χ2n) is 7.21. The first-order valence-electron chi connectivity index (χ1n) is 9.33. The topological polar surface area (TPSA) is 75.7 Å². The van der Waals surface area contributed by atoms with Crippen LogP contribution in [-0.4, -0.2) is 38.8 Å². The van der Waals surface area contributed by atoms with E-state index in [0.717, 1.165) is 11.1 Å². The van der Waals surface area contributed by atoms with E-state index in [1.807, 2.05) is 26.0 Å². The maximum absolute atomic E-state index is 12.9. The molecule has 1 N–H and O–H groups in total. The van der Waals surface area contributed by atoms with Gasteiger partial charge in [0.25, 0.3) is 0 Å². The highest BCUT2D eigenvalue weighted by Gasteiger charge is 2.33. The van der Waals surface area contributed by atoms with Crippen molar-refractivity contribution < 1.29 is 17.9 Å². The van der Waals surface area contributed by atoms with Gasteiger partial charge in [0.2, 0.25) is 15.9 Å². The third-order valence-corrected chi connectivity index (χ3v) is 6.91. The number of benzene rings is 2. The van der Waals surface area contributed by atoms with Gasteiger partial charge in [-0.2, -0.15) is 4.31 Å². The van der Waals surface area contributed by atoms with Crippen molar-refractivity contribution in [2.75, 3.05) is 25.5 Å².